The number of nitrogens with zero attached hydrogens (tertiary/aromatic N) is 1. The van der Waals surface area contributed by atoms with Crippen molar-refractivity contribution < 1.29 is 28.4 Å². The number of likely N-dealkylation sites (N-methyl/N-ethyl adjacent to an activating group) is 1. The molecular formula is C33H36ClN5O7. The van der Waals surface area contributed by atoms with Crippen molar-refractivity contribution in [3.05, 3.63) is 64.3 Å². The van der Waals surface area contributed by atoms with Crippen molar-refractivity contribution in [2.75, 3.05) is 12.4 Å². The van der Waals surface area contributed by atoms with Gasteiger partial charge in [0.1, 0.15) is 23.9 Å². The number of furan rings is 1. The van der Waals surface area contributed by atoms with Crippen molar-refractivity contribution in [1.29, 1.82) is 0 Å². The highest BCUT2D eigenvalue weighted by Crippen LogP contribution is 2.63. The quantitative estimate of drug-likeness (QED) is 0.183. The van der Waals surface area contributed by atoms with Crippen LogP contribution in [0.3, 0.4) is 0 Å². The molecule has 4 fully saturated rings. The lowest BCUT2D eigenvalue weighted by atomic mass is 9.79. The van der Waals surface area contributed by atoms with Gasteiger partial charge in [-0.2, -0.15) is 0 Å². The Balaban J connectivity index is 1.15. The molecule has 0 spiro atoms. The number of para-hydroxylation sites is 1. The first kappa shape index (κ1) is 31.5. The van der Waals surface area contributed by atoms with Crippen LogP contribution in [0.5, 0.6) is 0 Å². The van der Waals surface area contributed by atoms with Gasteiger partial charge in [-0.1, -0.05) is 18.2 Å². The Kier molecular flexibility index (Phi) is 8.49. The zero-order valence-electron chi connectivity index (χ0n) is 25.6. The van der Waals surface area contributed by atoms with Gasteiger partial charge in [0.2, 0.25) is 17.6 Å². The second-order valence-electron chi connectivity index (χ2n) is 12.7. The van der Waals surface area contributed by atoms with Crippen LogP contribution >= 0.6 is 11.6 Å². The van der Waals surface area contributed by atoms with E-state index < -0.39 is 35.1 Å². The van der Waals surface area contributed by atoms with Gasteiger partial charge in [-0.15, -0.1) is 11.6 Å². The SMILES string of the molecule is CNC(=O)C(=O)CC[C@H](NC(=O)c1oc2ccccc2c1C)C(=O)Nc1cccn(CC(=O)NC2C3CC4CC2C(Cl)(C4)C3)c1=O. The molecule has 1 aromatic carbocycles. The second kappa shape index (κ2) is 12.4. The molecule has 0 aliphatic heterocycles. The van der Waals surface area contributed by atoms with Crippen molar-refractivity contribution in [1.82, 2.24) is 20.5 Å². The lowest BCUT2D eigenvalue weighted by Crippen LogP contribution is -2.47. The Morgan fingerprint density at radius 1 is 1.09 bits per heavy atom. The highest BCUT2D eigenvalue weighted by Gasteiger charge is 2.62. The molecule has 13 heteroatoms. The average Bonchev–Trinajstić information content (AvgIpc) is 3.56. The van der Waals surface area contributed by atoms with E-state index in [4.69, 9.17) is 16.0 Å². The van der Waals surface area contributed by atoms with Crippen LogP contribution in [0, 0.1) is 24.7 Å². The topological polar surface area (TPSA) is 169 Å². The van der Waals surface area contributed by atoms with Gasteiger partial charge in [0.15, 0.2) is 5.76 Å². The van der Waals surface area contributed by atoms with E-state index in [1.807, 2.05) is 0 Å². The van der Waals surface area contributed by atoms with Crippen LogP contribution < -0.4 is 26.8 Å². The highest BCUT2D eigenvalue weighted by molar-refractivity contribution is 6.36. The number of amides is 4. The monoisotopic (exact) mass is 649 g/mol. The maximum atomic E-state index is 13.5. The number of nitrogens with one attached hydrogen (secondary N) is 4. The van der Waals surface area contributed by atoms with E-state index in [-0.39, 0.29) is 53.6 Å². The Morgan fingerprint density at radius 2 is 1.87 bits per heavy atom. The standard InChI is InChI=1S/C33H36ClN5O7/c1-17-20-6-3-4-8-25(20)46-28(17)31(44)36-22(9-10-24(40)30(43)35-2)29(42)37-23-7-5-11-39(32(23)45)16-26(41)38-27-19-12-18-13-21(27)33(34,14-18)15-19/h3-8,11,18-19,21-22,27H,9-10,12-16H2,1-2H3,(H,35,43)(H,36,44)(H,37,42)(H,38,41)/t18?,19?,21?,22-,27?,33?/m0/s1. The van der Waals surface area contributed by atoms with Gasteiger partial charge in [-0.3, -0.25) is 28.8 Å². The second-order valence-corrected chi connectivity index (χ2v) is 13.5. The minimum atomic E-state index is -1.30. The number of aryl methyl sites for hydroxylation is 1. The number of hydrogen-bond acceptors (Lipinski definition) is 7. The first-order chi connectivity index (χ1) is 22.0. The van der Waals surface area contributed by atoms with Gasteiger partial charge in [-0.25, -0.2) is 0 Å². The number of aromatic nitrogens is 1. The minimum Gasteiger partial charge on any atom is -0.451 e. The van der Waals surface area contributed by atoms with Crippen molar-refractivity contribution in [3.8, 4) is 0 Å². The molecule has 4 amide bonds. The third-order valence-corrected chi connectivity index (χ3v) is 10.4. The zero-order valence-corrected chi connectivity index (χ0v) is 26.3. The fourth-order valence-corrected chi connectivity index (χ4v) is 8.35. The molecule has 5 unspecified atom stereocenters. The van der Waals surface area contributed by atoms with Crippen LogP contribution in [0.25, 0.3) is 11.0 Å². The third-order valence-electron chi connectivity index (χ3n) is 9.79. The fourth-order valence-electron chi connectivity index (χ4n) is 7.71. The summed E-state index contributed by atoms with van der Waals surface area (Å²) < 4.78 is 6.93. The molecule has 242 valence electrons. The Labute approximate surface area is 269 Å². The number of benzene rings is 1. The predicted molar refractivity (Wildman–Crippen MR) is 169 cm³/mol. The lowest BCUT2D eigenvalue weighted by Gasteiger charge is -2.32. The predicted octanol–water partition coefficient (Wildman–Crippen LogP) is 2.65. The number of carbonyl (C=O) groups excluding carboxylic acids is 5. The van der Waals surface area contributed by atoms with E-state index in [0.29, 0.717) is 23.0 Å². The largest absolute Gasteiger partial charge is 0.451 e. The number of Topliss-reactive ketones (excluding diaryl/α,β-unsaturated/α-hetero) is 1. The molecule has 2 heterocycles. The number of alkyl halides is 1. The van der Waals surface area contributed by atoms with Crippen LogP contribution in [0.1, 0.15) is 54.6 Å². The molecule has 7 rings (SSSR count). The Bertz CT molecular complexity index is 1800. The molecule has 4 aliphatic carbocycles. The number of fused-ring (bicyclic) bond motifs is 1. The smallest absolute Gasteiger partial charge is 0.287 e. The number of anilines is 1. The van der Waals surface area contributed by atoms with Gasteiger partial charge >= 0.3 is 0 Å². The maximum absolute atomic E-state index is 13.5. The summed E-state index contributed by atoms with van der Waals surface area (Å²) >= 11 is 6.89. The molecule has 4 bridgehead atoms. The van der Waals surface area contributed by atoms with Gasteiger partial charge in [0.25, 0.3) is 17.4 Å². The fraction of sp³-hybridized carbons (Fsp3) is 0.455. The van der Waals surface area contributed by atoms with Crippen molar-refractivity contribution >= 4 is 57.7 Å². The number of halogens is 1. The van der Waals surface area contributed by atoms with E-state index in [1.165, 1.54) is 29.9 Å². The van der Waals surface area contributed by atoms with Gasteiger partial charge in [0.05, 0.1) is 4.87 Å². The molecular weight excluding hydrogens is 614 g/mol. The summed E-state index contributed by atoms with van der Waals surface area (Å²) in [6.07, 6.45) is 4.84. The van der Waals surface area contributed by atoms with Gasteiger partial charge < -0.3 is 30.3 Å². The lowest BCUT2D eigenvalue weighted by molar-refractivity contribution is -0.137. The maximum Gasteiger partial charge on any atom is 0.287 e. The molecule has 0 saturated heterocycles. The number of hydrogen-bond donors (Lipinski definition) is 4. The molecule has 0 radical (unpaired) electrons. The zero-order chi connectivity index (χ0) is 32.7. The molecule has 6 atom stereocenters. The van der Waals surface area contributed by atoms with E-state index in [0.717, 1.165) is 31.1 Å². The molecule has 46 heavy (non-hydrogen) atoms. The van der Waals surface area contributed by atoms with Crippen LogP contribution in [-0.4, -0.2) is 58.0 Å². The summed E-state index contributed by atoms with van der Waals surface area (Å²) in [5, 5.41) is 11.2. The van der Waals surface area contributed by atoms with Crippen LogP contribution in [0.4, 0.5) is 5.69 Å². The first-order valence-electron chi connectivity index (χ1n) is 15.5. The number of ketones is 1. The van der Waals surface area contributed by atoms with Crippen molar-refractivity contribution in [2.45, 2.75) is 69.0 Å². The van der Waals surface area contributed by atoms with Crippen LogP contribution in [0.15, 0.2) is 51.8 Å². The van der Waals surface area contributed by atoms with E-state index in [2.05, 4.69) is 21.3 Å². The van der Waals surface area contributed by atoms with Crippen molar-refractivity contribution in [2.24, 2.45) is 17.8 Å². The van der Waals surface area contributed by atoms with Gasteiger partial charge in [-0.05, 0) is 75.0 Å². The van der Waals surface area contributed by atoms with E-state index >= 15 is 0 Å². The molecule has 3 aromatic rings. The molecule has 4 aliphatic rings. The van der Waals surface area contributed by atoms with Gasteiger partial charge in [0, 0.05) is 36.7 Å². The summed E-state index contributed by atoms with van der Waals surface area (Å²) in [5.74, 6) is -2.21. The normalized spacial score (nSPS) is 24.8. The highest BCUT2D eigenvalue weighted by atomic mass is 35.5. The average molecular weight is 650 g/mol. The Hall–Kier alpha value is -4.45. The van der Waals surface area contributed by atoms with E-state index in [1.54, 1.807) is 31.2 Å². The number of pyridine rings is 1. The Morgan fingerprint density at radius 3 is 2.61 bits per heavy atom. The van der Waals surface area contributed by atoms with Crippen LogP contribution in [-0.2, 0) is 25.7 Å². The summed E-state index contributed by atoms with van der Waals surface area (Å²) in [4.78, 5) is 76.9. The van der Waals surface area contributed by atoms with Crippen molar-refractivity contribution in [3.63, 3.8) is 0 Å². The summed E-state index contributed by atoms with van der Waals surface area (Å²) in [5.41, 5.74) is 0.325. The molecule has 2 aromatic heterocycles. The first-order valence-corrected chi connectivity index (χ1v) is 15.9. The number of rotatable bonds is 11. The van der Waals surface area contributed by atoms with E-state index in [9.17, 15) is 28.8 Å². The summed E-state index contributed by atoms with van der Waals surface area (Å²) in [7, 11) is 1.31. The summed E-state index contributed by atoms with van der Waals surface area (Å²) in [6.45, 7) is 1.46. The third kappa shape index (κ3) is 5.93. The summed E-state index contributed by atoms with van der Waals surface area (Å²) in [6, 6.07) is 8.67. The number of carbonyl (C=O) groups is 5. The van der Waals surface area contributed by atoms with Crippen LogP contribution in [0.2, 0.25) is 0 Å². The molecule has 4 N–H and O–H groups in total. The minimum absolute atomic E-state index is 0.00611. The molecule has 12 nitrogen and oxygen atoms in total. The molecule has 4 saturated carbocycles.